The van der Waals surface area contributed by atoms with Gasteiger partial charge in [0.25, 0.3) is 0 Å². The normalized spacial score (nSPS) is 17.3. The van der Waals surface area contributed by atoms with Crippen LogP contribution in [0.4, 0.5) is 18.0 Å². The molecule has 2 atom stereocenters. The van der Waals surface area contributed by atoms with Crippen molar-refractivity contribution in [1.82, 2.24) is 24.7 Å². The minimum Gasteiger partial charge on any atom is -0.465 e. The maximum atomic E-state index is 15.1. The number of carbonyl (C=O) groups is 1. The van der Waals surface area contributed by atoms with Crippen molar-refractivity contribution in [3.8, 4) is 16.9 Å². The monoisotopic (exact) mass is 513 g/mol. The van der Waals surface area contributed by atoms with Gasteiger partial charge >= 0.3 is 12.7 Å². The van der Waals surface area contributed by atoms with Gasteiger partial charge in [-0.3, -0.25) is 0 Å². The summed E-state index contributed by atoms with van der Waals surface area (Å²) in [6.07, 6.45) is 2.25. The van der Waals surface area contributed by atoms with E-state index in [-0.39, 0.29) is 29.2 Å². The van der Waals surface area contributed by atoms with Gasteiger partial charge in [0.15, 0.2) is 5.82 Å². The molecule has 0 saturated carbocycles. The van der Waals surface area contributed by atoms with Crippen LogP contribution < -0.4 is 10.1 Å². The van der Waals surface area contributed by atoms with Crippen LogP contribution in [0.3, 0.4) is 0 Å². The molecule has 3 N–H and O–H groups in total. The Hall–Kier alpha value is -4.19. The SMILES string of the molecule is CC(C)(NC(=O)O)c1ncc(-c2cn3c4c(nc3cc2F)[C@H](O)C[C@@H]4c2ccccc2OC(F)F)cn1. The number of ether oxygens (including phenoxy) is 1. The molecule has 0 radical (unpaired) electrons. The highest BCUT2D eigenvalue weighted by Gasteiger charge is 2.37. The lowest BCUT2D eigenvalue weighted by atomic mass is 9.95. The number of aromatic nitrogens is 4. The quantitative estimate of drug-likeness (QED) is 0.344. The van der Waals surface area contributed by atoms with Crippen molar-refractivity contribution in [2.45, 2.75) is 44.4 Å². The molecule has 1 amide bonds. The molecule has 0 aliphatic heterocycles. The van der Waals surface area contributed by atoms with E-state index in [0.29, 0.717) is 22.5 Å². The van der Waals surface area contributed by atoms with Crippen LogP contribution in [-0.2, 0) is 5.54 Å². The van der Waals surface area contributed by atoms with Gasteiger partial charge in [0.2, 0.25) is 0 Å². The highest BCUT2D eigenvalue weighted by atomic mass is 19.3. The Morgan fingerprint density at radius 3 is 2.62 bits per heavy atom. The molecule has 0 fully saturated rings. The fourth-order valence-electron chi connectivity index (χ4n) is 4.71. The third-order valence-electron chi connectivity index (χ3n) is 6.33. The first-order chi connectivity index (χ1) is 17.5. The Morgan fingerprint density at radius 1 is 1.24 bits per heavy atom. The lowest BCUT2D eigenvalue weighted by Gasteiger charge is -2.22. The molecule has 1 aliphatic rings. The number of aliphatic hydroxyl groups excluding tert-OH is 1. The van der Waals surface area contributed by atoms with E-state index in [9.17, 15) is 18.7 Å². The van der Waals surface area contributed by atoms with E-state index < -0.39 is 36.1 Å². The molecule has 0 unspecified atom stereocenters. The van der Waals surface area contributed by atoms with Crippen molar-refractivity contribution in [1.29, 1.82) is 0 Å². The second kappa shape index (κ2) is 9.04. The maximum Gasteiger partial charge on any atom is 0.405 e. The van der Waals surface area contributed by atoms with Crippen LogP contribution in [-0.4, -0.2) is 42.3 Å². The van der Waals surface area contributed by atoms with Gasteiger partial charge in [0, 0.05) is 47.3 Å². The number of nitrogens with one attached hydrogen (secondary N) is 1. The van der Waals surface area contributed by atoms with E-state index in [2.05, 4.69) is 20.3 Å². The summed E-state index contributed by atoms with van der Waals surface area (Å²) in [5, 5.41) is 22.0. The van der Waals surface area contributed by atoms with Gasteiger partial charge in [0.05, 0.1) is 23.0 Å². The number of nitrogens with zero attached hydrogens (tertiary/aromatic N) is 4. The molecule has 0 saturated heterocycles. The minimum atomic E-state index is -3.02. The van der Waals surface area contributed by atoms with E-state index in [1.165, 1.54) is 30.7 Å². The number of amides is 1. The number of fused-ring (bicyclic) bond motifs is 3. The molecule has 4 aromatic rings. The molecule has 1 aliphatic carbocycles. The number of carboxylic acid groups (broad SMARTS) is 1. The van der Waals surface area contributed by atoms with E-state index in [1.54, 1.807) is 36.4 Å². The predicted molar refractivity (Wildman–Crippen MR) is 125 cm³/mol. The number of pyridine rings is 1. The first kappa shape index (κ1) is 24.5. The molecule has 37 heavy (non-hydrogen) atoms. The Bertz CT molecular complexity index is 1490. The number of benzene rings is 1. The summed E-state index contributed by atoms with van der Waals surface area (Å²) in [5.41, 5.74) is 0.962. The highest BCUT2D eigenvalue weighted by molar-refractivity contribution is 5.67. The molecule has 5 rings (SSSR count). The van der Waals surface area contributed by atoms with Crippen LogP contribution in [0.5, 0.6) is 5.75 Å². The van der Waals surface area contributed by atoms with Crippen molar-refractivity contribution >= 4 is 11.7 Å². The van der Waals surface area contributed by atoms with Gasteiger partial charge in [-0.1, -0.05) is 18.2 Å². The van der Waals surface area contributed by atoms with Gasteiger partial charge in [0.1, 0.15) is 17.2 Å². The summed E-state index contributed by atoms with van der Waals surface area (Å²) in [6.45, 7) is 0.172. The second-order valence-corrected chi connectivity index (χ2v) is 9.22. The van der Waals surface area contributed by atoms with Crippen molar-refractivity contribution in [2.75, 3.05) is 0 Å². The number of aliphatic hydroxyl groups is 1. The Balaban J connectivity index is 1.59. The van der Waals surface area contributed by atoms with Gasteiger partial charge < -0.3 is 24.7 Å². The van der Waals surface area contributed by atoms with Gasteiger partial charge in [-0.25, -0.2) is 24.1 Å². The Morgan fingerprint density at radius 2 is 1.95 bits per heavy atom. The van der Waals surface area contributed by atoms with Crippen molar-refractivity contribution in [2.24, 2.45) is 0 Å². The third-order valence-corrected chi connectivity index (χ3v) is 6.33. The fourth-order valence-corrected chi connectivity index (χ4v) is 4.71. The molecular weight excluding hydrogens is 491 g/mol. The first-order valence-electron chi connectivity index (χ1n) is 11.3. The lowest BCUT2D eigenvalue weighted by molar-refractivity contribution is -0.0506. The van der Waals surface area contributed by atoms with Gasteiger partial charge in [-0.05, 0) is 26.3 Å². The minimum absolute atomic E-state index is 0.0126. The van der Waals surface area contributed by atoms with Gasteiger partial charge in [-0.15, -0.1) is 0 Å². The first-order valence-corrected chi connectivity index (χ1v) is 11.3. The van der Waals surface area contributed by atoms with Gasteiger partial charge in [-0.2, -0.15) is 8.78 Å². The number of alkyl halides is 2. The summed E-state index contributed by atoms with van der Waals surface area (Å²) in [5.74, 6) is -0.957. The summed E-state index contributed by atoms with van der Waals surface area (Å²) >= 11 is 0. The van der Waals surface area contributed by atoms with Crippen molar-refractivity contribution in [3.63, 3.8) is 0 Å². The van der Waals surface area contributed by atoms with Crippen LogP contribution in [0.2, 0.25) is 0 Å². The molecular formula is C25H22F3N5O4. The zero-order chi connectivity index (χ0) is 26.5. The largest absolute Gasteiger partial charge is 0.465 e. The number of para-hydroxylation sites is 1. The average Bonchev–Trinajstić information content (AvgIpc) is 3.34. The molecule has 9 nitrogen and oxygen atoms in total. The Kier molecular flexibility index (Phi) is 5.98. The maximum absolute atomic E-state index is 15.1. The average molecular weight is 513 g/mol. The van der Waals surface area contributed by atoms with Crippen molar-refractivity contribution < 1.29 is 32.9 Å². The number of imidazole rings is 1. The number of hydrogen-bond donors (Lipinski definition) is 3. The summed E-state index contributed by atoms with van der Waals surface area (Å²) in [6, 6.07) is 7.55. The topological polar surface area (TPSA) is 122 Å². The highest BCUT2D eigenvalue weighted by Crippen LogP contribution is 2.47. The molecule has 0 spiro atoms. The third kappa shape index (κ3) is 4.44. The fraction of sp³-hybridized carbons (Fsp3) is 0.280. The van der Waals surface area contributed by atoms with Crippen LogP contribution in [0.25, 0.3) is 16.8 Å². The summed E-state index contributed by atoms with van der Waals surface area (Å²) in [7, 11) is 0. The molecule has 1 aromatic carbocycles. The van der Waals surface area contributed by atoms with Crippen LogP contribution >= 0.6 is 0 Å². The molecule has 0 bridgehead atoms. The second-order valence-electron chi connectivity index (χ2n) is 9.22. The molecule has 3 heterocycles. The van der Waals surface area contributed by atoms with Crippen molar-refractivity contribution in [3.05, 3.63) is 77.5 Å². The van der Waals surface area contributed by atoms with E-state index in [1.807, 2.05) is 0 Å². The van der Waals surface area contributed by atoms with E-state index >= 15 is 4.39 Å². The van der Waals surface area contributed by atoms with E-state index in [0.717, 1.165) is 0 Å². The zero-order valence-electron chi connectivity index (χ0n) is 19.7. The number of halogens is 3. The summed E-state index contributed by atoms with van der Waals surface area (Å²) in [4.78, 5) is 23.9. The summed E-state index contributed by atoms with van der Waals surface area (Å²) < 4.78 is 47.5. The smallest absolute Gasteiger partial charge is 0.405 e. The molecule has 3 aromatic heterocycles. The van der Waals surface area contributed by atoms with Crippen LogP contribution in [0.15, 0.2) is 48.9 Å². The molecule has 12 heteroatoms. The van der Waals surface area contributed by atoms with Crippen LogP contribution in [0.1, 0.15) is 55.1 Å². The lowest BCUT2D eigenvalue weighted by Crippen LogP contribution is -2.41. The number of rotatable bonds is 6. The predicted octanol–water partition coefficient (Wildman–Crippen LogP) is 4.60. The Labute approximate surface area is 208 Å². The number of hydrogen-bond acceptors (Lipinski definition) is 6. The zero-order valence-corrected chi connectivity index (χ0v) is 19.7. The van der Waals surface area contributed by atoms with Crippen LogP contribution in [0, 0.1) is 5.82 Å². The standard InChI is InChI=1S/C25H22F3N5O4/c1-25(2,32-24(35)36)22-29-9-12(10-30-22)15-11-33-19(8-16(15)26)31-20-17(34)7-14(21(20)33)13-5-3-4-6-18(13)37-23(27)28/h3-6,8-11,14,17,23,32,34H,7H2,1-2H3,(H,35,36)/t14-,17-/m1/s1. The van der Waals surface area contributed by atoms with E-state index in [4.69, 9.17) is 9.84 Å². The molecule has 192 valence electrons.